The molecule has 0 atom stereocenters. The van der Waals surface area contributed by atoms with Crippen molar-refractivity contribution < 1.29 is 19.0 Å². The topological polar surface area (TPSA) is 40.5 Å². The minimum Gasteiger partial charge on any atom is -0.508 e. The van der Waals surface area contributed by atoms with Crippen molar-refractivity contribution >= 4 is 0 Å². The molecule has 0 aliphatic heterocycles. The van der Waals surface area contributed by atoms with E-state index >= 15 is 0 Å². The molecule has 0 heterocycles. The minimum absolute atomic E-state index is 0.361. The highest BCUT2D eigenvalue weighted by molar-refractivity contribution is 5.36. The van der Waals surface area contributed by atoms with E-state index in [9.17, 15) is 8.78 Å². The Labute approximate surface area is 61.7 Å². The van der Waals surface area contributed by atoms with Crippen LogP contribution in [0.5, 0.6) is 11.5 Å². The van der Waals surface area contributed by atoms with Crippen LogP contribution < -0.4 is 0 Å². The average Bonchev–Trinajstić information content (AvgIpc) is 1.85. The van der Waals surface area contributed by atoms with Crippen LogP contribution >= 0.6 is 0 Å². The smallest absolute Gasteiger partial charge is 0.264 e. The van der Waals surface area contributed by atoms with Crippen molar-refractivity contribution in [1.82, 2.24) is 0 Å². The predicted octanol–water partition coefficient (Wildman–Crippen LogP) is 2.04. The highest BCUT2D eigenvalue weighted by Crippen LogP contribution is 2.27. The minimum atomic E-state index is -2.67. The van der Waals surface area contributed by atoms with Crippen LogP contribution in [-0.2, 0) is 0 Å². The quantitative estimate of drug-likeness (QED) is 0.659. The normalized spacial score (nSPS) is 10.5. The van der Waals surface area contributed by atoms with Gasteiger partial charge in [-0.2, -0.15) is 0 Å². The molecule has 0 aliphatic rings. The van der Waals surface area contributed by atoms with Crippen molar-refractivity contribution in [3.8, 4) is 11.5 Å². The van der Waals surface area contributed by atoms with Crippen LogP contribution in [0.15, 0.2) is 18.2 Å². The SMILES string of the molecule is Oc1cc(O)cc(C(F)F)c1. The molecule has 60 valence electrons. The van der Waals surface area contributed by atoms with Crippen molar-refractivity contribution in [3.05, 3.63) is 23.8 Å². The largest absolute Gasteiger partial charge is 0.508 e. The van der Waals surface area contributed by atoms with Crippen molar-refractivity contribution in [2.24, 2.45) is 0 Å². The number of aromatic hydroxyl groups is 2. The van der Waals surface area contributed by atoms with Crippen LogP contribution in [0, 0.1) is 0 Å². The van der Waals surface area contributed by atoms with E-state index in [-0.39, 0.29) is 17.1 Å². The Morgan fingerprint density at radius 1 is 1.00 bits per heavy atom. The van der Waals surface area contributed by atoms with E-state index in [1.54, 1.807) is 0 Å². The Hall–Kier alpha value is -1.32. The lowest BCUT2D eigenvalue weighted by Crippen LogP contribution is -1.82. The summed E-state index contributed by atoms with van der Waals surface area (Å²) in [4.78, 5) is 0. The molecule has 0 radical (unpaired) electrons. The standard InChI is InChI=1S/C7H6F2O2/c8-7(9)4-1-5(10)3-6(11)2-4/h1-3,7,10-11H. The summed E-state index contributed by atoms with van der Waals surface area (Å²) in [5.41, 5.74) is -0.387. The second-order valence-corrected chi connectivity index (χ2v) is 2.08. The third kappa shape index (κ3) is 1.80. The first-order valence-electron chi connectivity index (χ1n) is 2.90. The lowest BCUT2D eigenvalue weighted by molar-refractivity contribution is 0.150. The van der Waals surface area contributed by atoms with Crippen molar-refractivity contribution in [3.63, 3.8) is 0 Å². The lowest BCUT2D eigenvalue weighted by atomic mass is 10.2. The lowest BCUT2D eigenvalue weighted by Gasteiger charge is -2.00. The molecule has 1 aromatic carbocycles. The third-order valence-corrected chi connectivity index (χ3v) is 1.18. The summed E-state index contributed by atoms with van der Waals surface area (Å²) >= 11 is 0. The number of phenols is 2. The second kappa shape index (κ2) is 2.74. The van der Waals surface area contributed by atoms with Gasteiger partial charge in [0.15, 0.2) is 0 Å². The molecule has 0 unspecified atom stereocenters. The molecule has 0 bridgehead atoms. The Bertz CT molecular complexity index is 240. The number of hydrogen-bond acceptors (Lipinski definition) is 2. The molecular weight excluding hydrogens is 154 g/mol. The van der Waals surface area contributed by atoms with Gasteiger partial charge in [-0.25, -0.2) is 8.78 Å². The number of benzene rings is 1. The third-order valence-electron chi connectivity index (χ3n) is 1.18. The van der Waals surface area contributed by atoms with Gasteiger partial charge in [-0.1, -0.05) is 0 Å². The molecule has 0 aromatic heterocycles. The van der Waals surface area contributed by atoms with Gasteiger partial charge >= 0.3 is 0 Å². The van der Waals surface area contributed by atoms with Crippen molar-refractivity contribution in [2.75, 3.05) is 0 Å². The first-order chi connectivity index (χ1) is 5.09. The molecule has 0 aliphatic carbocycles. The van der Waals surface area contributed by atoms with Gasteiger partial charge in [-0.15, -0.1) is 0 Å². The van der Waals surface area contributed by atoms with Crippen LogP contribution in [-0.4, -0.2) is 10.2 Å². The average molecular weight is 160 g/mol. The molecule has 0 saturated heterocycles. The number of hydrogen-bond donors (Lipinski definition) is 2. The molecule has 4 heteroatoms. The Kier molecular flexibility index (Phi) is 1.94. The van der Waals surface area contributed by atoms with E-state index in [1.807, 2.05) is 0 Å². The highest BCUT2D eigenvalue weighted by atomic mass is 19.3. The summed E-state index contributed by atoms with van der Waals surface area (Å²) in [5, 5.41) is 17.5. The molecule has 2 nitrogen and oxygen atoms in total. The summed E-state index contributed by atoms with van der Waals surface area (Å²) in [6, 6.07) is 2.81. The fourth-order valence-electron chi connectivity index (χ4n) is 0.744. The molecule has 0 saturated carbocycles. The van der Waals surface area contributed by atoms with Gasteiger partial charge < -0.3 is 10.2 Å². The molecule has 1 rings (SSSR count). The maximum atomic E-state index is 11.9. The first-order valence-corrected chi connectivity index (χ1v) is 2.90. The molecular formula is C7H6F2O2. The molecule has 2 N–H and O–H groups in total. The molecule has 11 heavy (non-hydrogen) atoms. The van der Waals surface area contributed by atoms with E-state index in [0.717, 1.165) is 18.2 Å². The summed E-state index contributed by atoms with van der Waals surface area (Å²) in [5.74, 6) is -0.722. The van der Waals surface area contributed by atoms with Crippen LogP contribution in [0.25, 0.3) is 0 Å². The van der Waals surface area contributed by atoms with Gasteiger partial charge in [0.05, 0.1) is 0 Å². The maximum absolute atomic E-state index is 11.9. The summed E-state index contributed by atoms with van der Waals surface area (Å²) < 4.78 is 23.8. The summed E-state index contributed by atoms with van der Waals surface area (Å²) in [6.07, 6.45) is -2.67. The maximum Gasteiger partial charge on any atom is 0.264 e. The van der Waals surface area contributed by atoms with Gasteiger partial charge in [-0.05, 0) is 12.1 Å². The van der Waals surface area contributed by atoms with Crippen LogP contribution in [0.2, 0.25) is 0 Å². The summed E-state index contributed by atoms with van der Waals surface area (Å²) in [7, 11) is 0. The fraction of sp³-hybridized carbons (Fsp3) is 0.143. The fourth-order valence-corrected chi connectivity index (χ4v) is 0.744. The molecule has 1 aromatic rings. The highest BCUT2D eigenvalue weighted by Gasteiger charge is 2.08. The molecule has 0 fully saturated rings. The van der Waals surface area contributed by atoms with E-state index in [4.69, 9.17) is 10.2 Å². The van der Waals surface area contributed by atoms with Crippen LogP contribution in [0.1, 0.15) is 12.0 Å². The van der Waals surface area contributed by atoms with E-state index < -0.39 is 6.43 Å². The number of phenolic OH excluding ortho intramolecular Hbond substituents is 2. The van der Waals surface area contributed by atoms with Crippen molar-refractivity contribution in [2.45, 2.75) is 6.43 Å². The number of rotatable bonds is 1. The Morgan fingerprint density at radius 2 is 1.45 bits per heavy atom. The van der Waals surface area contributed by atoms with Gasteiger partial charge in [0.2, 0.25) is 0 Å². The zero-order chi connectivity index (χ0) is 8.43. The first kappa shape index (κ1) is 7.78. The predicted molar refractivity (Wildman–Crippen MR) is 34.7 cm³/mol. The molecule has 0 amide bonds. The van der Waals surface area contributed by atoms with E-state index in [2.05, 4.69) is 0 Å². The van der Waals surface area contributed by atoms with Crippen LogP contribution in [0.3, 0.4) is 0 Å². The zero-order valence-corrected chi connectivity index (χ0v) is 5.46. The second-order valence-electron chi connectivity index (χ2n) is 2.08. The van der Waals surface area contributed by atoms with E-state index in [1.165, 1.54) is 0 Å². The van der Waals surface area contributed by atoms with Crippen molar-refractivity contribution in [1.29, 1.82) is 0 Å². The van der Waals surface area contributed by atoms with Gasteiger partial charge in [0, 0.05) is 11.6 Å². The van der Waals surface area contributed by atoms with Gasteiger partial charge in [0.1, 0.15) is 11.5 Å². The Morgan fingerprint density at radius 3 is 1.82 bits per heavy atom. The molecule has 0 spiro atoms. The van der Waals surface area contributed by atoms with Crippen LogP contribution in [0.4, 0.5) is 8.78 Å². The van der Waals surface area contributed by atoms with E-state index in [0.29, 0.717) is 0 Å². The monoisotopic (exact) mass is 160 g/mol. The number of alkyl halides is 2. The summed E-state index contributed by atoms with van der Waals surface area (Å²) in [6.45, 7) is 0. The number of halogens is 2. The Balaban J connectivity index is 3.08. The van der Waals surface area contributed by atoms with Gasteiger partial charge in [0.25, 0.3) is 6.43 Å². The van der Waals surface area contributed by atoms with Gasteiger partial charge in [-0.3, -0.25) is 0 Å². The zero-order valence-electron chi connectivity index (χ0n) is 5.46.